The summed E-state index contributed by atoms with van der Waals surface area (Å²) in [7, 11) is -3.57. The summed E-state index contributed by atoms with van der Waals surface area (Å²) in [5, 5.41) is 3.28. The summed E-state index contributed by atoms with van der Waals surface area (Å²) in [6.45, 7) is 6.31. The van der Waals surface area contributed by atoms with Crippen molar-refractivity contribution in [3.63, 3.8) is 0 Å². The lowest BCUT2D eigenvalue weighted by Crippen LogP contribution is -2.52. The molecule has 1 aliphatic rings. The van der Waals surface area contributed by atoms with Gasteiger partial charge in [-0.3, -0.25) is 13.9 Å². The smallest absolute Gasteiger partial charge is 0.243 e. The zero-order chi connectivity index (χ0) is 31.7. The third-order valence-electron chi connectivity index (χ3n) is 8.48. The SMILES string of the molecule is Cc1ccc(CN(C(=O)CCCN(c2cc(C)ccc2C)S(C)(=O)=O)C(Cc2ccccc2)C(=O)NC2CCCCC2)cc1. The van der Waals surface area contributed by atoms with Crippen LogP contribution in [0.1, 0.15) is 72.8 Å². The molecule has 0 aromatic heterocycles. The minimum Gasteiger partial charge on any atom is -0.352 e. The summed E-state index contributed by atoms with van der Waals surface area (Å²) in [5.74, 6) is -0.297. The van der Waals surface area contributed by atoms with Gasteiger partial charge in [0.25, 0.3) is 0 Å². The highest BCUT2D eigenvalue weighted by atomic mass is 32.2. The number of nitrogens with one attached hydrogen (secondary N) is 1. The number of amides is 2. The van der Waals surface area contributed by atoms with E-state index in [4.69, 9.17) is 0 Å². The fraction of sp³-hybridized carbons (Fsp3) is 0.444. The minimum absolute atomic E-state index is 0.116. The molecular formula is C36H47N3O4S. The normalized spacial score (nSPS) is 14.5. The summed E-state index contributed by atoms with van der Waals surface area (Å²) in [6.07, 6.45) is 7.32. The van der Waals surface area contributed by atoms with Gasteiger partial charge in [0.15, 0.2) is 0 Å². The molecule has 0 bridgehead atoms. The van der Waals surface area contributed by atoms with Gasteiger partial charge in [0.1, 0.15) is 6.04 Å². The summed E-state index contributed by atoms with van der Waals surface area (Å²) < 4.78 is 27.1. The number of benzene rings is 3. The van der Waals surface area contributed by atoms with Crippen LogP contribution in [0.15, 0.2) is 72.8 Å². The molecule has 236 valence electrons. The number of hydrogen-bond donors (Lipinski definition) is 1. The molecule has 1 unspecified atom stereocenters. The molecule has 2 amide bonds. The highest BCUT2D eigenvalue weighted by molar-refractivity contribution is 7.92. The lowest BCUT2D eigenvalue weighted by Gasteiger charge is -2.34. The van der Waals surface area contributed by atoms with Crippen LogP contribution in [0.2, 0.25) is 0 Å². The van der Waals surface area contributed by atoms with Crippen molar-refractivity contribution in [1.29, 1.82) is 0 Å². The number of nitrogens with zero attached hydrogens (tertiary/aromatic N) is 2. The highest BCUT2D eigenvalue weighted by Gasteiger charge is 2.32. The van der Waals surface area contributed by atoms with Crippen LogP contribution in [-0.4, -0.2) is 50.0 Å². The van der Waals surface area contributed by atoms with Crippen LogP contribution in [0.5, 0.6) is 0 Å². The average molecular weight is 618 g/mol. The van der Waals surface area contributed by atoms with Crippen molar-refractivity contribution in [2.75, 3.05) is 17.1 Å². The number of carbonyl (C=O) groups excluding carboxylic acids is 2. The summed E-state index contributed by atoms with van der Waals surface area (Å²) in [6, 6.07) is 23.0. The van der Waals surface area contributed by atoms with Gasteiger partial charge in [-0.25, -0.2) is 8.42 Å². The number of carbonyl (C=O) groups is 2. The fourth-order valence-electron chi connectivity index (χ4n) is 5.96. The number of sulfonamides is 1. The number of rotatable bonds is 13. The molecule has 8 heteroatoms. The fourth-order valence-corrected chi connectivity index (χ4v) is 6.97. The van der Waals surface area contributed by atoms with Crippen molar-refractivity contribution < 1.29 is 18.0 Å². The van der Waals surface area contributed by atoms with Gasteiger partial charge in [0, 0.05) is 32.0 Å². The van der Waals surface area contributed by atoms with E-state index in [0.717, 1.165) is 53.5 Å². The van der Waals surface area contributed by atoms with E-state index in [2.05, 4.69) is 5.32 Å². The first-order valence-corrected chi connectivity index (χ1v) is 17.6. The molecule has 1 aliphatic carbocycles. The predicted molar refractivity (Wildman–Crippen MR) is 178 cm³/mol. The second-order valence-electron chi connectivity index (χ2n) is 12.3. The number of aryl methyl sites for hydroxylation is 3. The Bertz CT molecular complexity index is 1500. The van der Waals surface area contributed by atoms with Crippen LogP contribution in [0.3, 0.4) is 0 Å². The van der Waals surface area contributed by atoms with E-state index in [1.807, 2.05) is 93.6 Å². The first kappa shape index (κ1) is 33.2. The Hall–Kier alpha value is -3.65. The van der Waals surface area contributed by atoms with Crippen molar-refractivity contribution >= 4 is 27.5 Å². The quantitative estimate of drug-likeness (QED) is 0.246. The lowest BCUT2D eigenvalue weighted by atomic mass is 9.94. The molecule has 1 N–H and O–H groups in total. The van der Waals surface area contributed by atoms with E-state index in [-0.39, 0.29) is 30.8 Å². The maximum Gasteiger partial charge on any atom is 0.243 e. The van der Waals surface area contributed by atoms with Crippen LogP contribution < -0.4 is 9.62 Å². The minimum atomic E-state index is -3.57. The molecule has 4 rings (SSSR count). The third-order valence-corrected chi connectivity index (χ3v) is 9.66. The molecule has 44 heavy (non-hydrogen) atoms. The molecule has 0 radical (unpaired) electrons. The third kappa shape index (κ3) is 9.42. The highest BCUT2D eigenvalue weighted by Crippen LogP contribution is 2.25. The van der Waals surface area contributed by atoms with E-state index in [0.29, 0.717) is 25.1 Å². The monoisotopic (exact) mass is 617 g/mol. The number of hydrogen-bond acceptors (Lipinski definition) is 4. The van der Waals surface area contributed by atoms with Crippen molar-refractivity contribution in [3.05, 3.63) is 101 Å². The van der Waals surface area contributed by atoms with Gasteiger partial charge in [0.2, 0.25) is 21.8 Å². The zero-order valence-corrected chi connectivity index (χ0v) is 27.4. The van der Waals surface area contributed by atoms with E-state index in [1.165, 1.54) is 17.0 Å². The van der Waals surface area contributed by atoms with E-state index in [1.54, 1.807) is 4.90 Å². The maximum atomic E-state index is 14.1. The van der Waals surface area contributed by atoms with Crippen LogP contribution >= 0.6 is 0 Å². The van der Waals surface area contributed by atoms with Crippen LogP contribution in [0, 0.1) is 20.8 Å². The van der Waals surface area contributed by atoms with E-state index < -0.39 is 16.1 Å². The van der Waals surface area contributed by atoms with Gasteiger partial charge in [-0.15, -0.1) is 0 Å². The van der Waals surface area contributed by atoms with Gasteiger partial charge < -0.3 is 10.2 Å². The summed E-state index contributed by atoms with van der Waals surface area (Å²) in [5.41, 5.74) is 5.50. The largest absolute Gasteiger partial charge is 0.352 e. The molecule has 0 heterocycles. The van der Waals surface area contributed by atoms with Crippen LogP contribution in [-0.2, 0) is 32.6 Å². The topological polar surface area (TPSA) is 86.8 Å². The standard InChI is InChI=1S/C36H47N3O4S/c1-27-18-21-31(22-19-27)26-38(34(25-30-12-7-5-8-13-30)36(41)37-32-14-9-6-10-15-32)35(40)16-11-23-39(44(4,42)43)33-24-28(2)17-20-29(33)3/h5,7-8,12-13,17-22,24,32,34H,6,9-11,14-16,23,25-26H2,1-4H3,(H,37,41). The molecule has 0 aliphatic heterocycles. The molecule has 3 aromatic rings. The molecule has 1 saturated carbocycles. The van der Waals surface area contributed by atoms with Gasteiger partial charge in [-0.05, 0) is 68.4 Å². The predicted octanol–water partition coefficient (Wildman–Crippen LogP) is 6.25. The van der Waals surface area contributed by atoms with Crippen molar-refractivity contribution in [2.45, 2.75) is 90.8 Å². The Morgan fingerprint density at radius 1 is 0.864 bits per heavy atom. The van der Waals surface area contributed by atoms with E-state index in [9.17, 15) is 18.0 Å². The van der Waals surface area contributed by atoms with E-state index >= 15 is 0 Å². The van der Waals surface area contributed by atoms with Crippen molar-refractivity contribution in [1.82, 2.24) is 10.2 Å². The summed E-state index contributed by atoms with van der Waals surface area (Å²) in [4.78, 5) is 29.8. The average Bonchev–Trinajstić information content (AvgIpc) is 2.99. The Morgan fingerprint density at radius 3 is 2.18 bits per heavy atom. The van der Waals surface area contributed by atoms with Crippen LogP contribution in [0.25, 0.3) is 0 Å². The molecule has 1 atom stereocenters. The molecule has 7 nitrogen and oxygen atoms in total. The molecular weight excluding hydrogens is 570 g/mol. The Balaban J connectivity index is 1.60. The van der Waals surface area contributed by atoms with Crippen LogP contribution in [0.4, 0.5) is 5.69 Å². The second-order valence-corrected chi connectivity index (χ2v) is 14.2. The first-order chi connectivity index (χ1) is 21.0. The van der Waals surface area contributed by atoms with Crippen molar-refractivity contribution in [2.24, 2.45) is 0 Å². The van der Waals surface area contributed by atoms with Gasteiger partial charge in [-0.2, -0.15) is 0 Å². The molecule has 0 spiro atoms. The molecule has 3 aromatic carbocycles. The second kappa shape index (κ2) is 15.4. The Morgan fingerprint density at radius 2 is 1.52 bits per heavy atom. The first-order valence-electron chi connectivity index (χ1n) is 15.8. The zero-order valence-electron chi connectivity index (χ0n) is 26.6. The van der Waals surface area contributed by atoms with Crippen molar-refractivity contribution in [3.8, 4) is 0 Å². The molecule has 1 fully saturated rings. The summed E-state index contributed by atoms with van der Waals surface area (Å²) >= 11 is 0. The molecule has 0 saturated heterocycles. The number of anilines is 1. The van der Waals surface area contributed by atoms with Gasteiger partial charge in [0.05, 0.1) is 11.9 Å². The Kier molecular flexibility index (Phi) is 11.6. The van der Waals surface area contributed by atoms with Gasteiger partial charge >= 0.3 is 0 Å². The maximum absolute atomic E-state index is 14.1. The van der Waals surface area contributed by atoms with Gasteiger partial charge in [-0.1, -0.05) is 91.6 Å². The Labute approximate surface area is 263 Å². The lowest BCUT2D eigenvalue weighted by molar-refractivity contribution is -0.141.